The van der Waals surface area contributed by atoms with Gasteiger partial charge in [0.25, 0.3) is 0 Å². The van der Waals surface area contributed by atoms with E-state index < -0.39 is 10.0 Å². The first-order valence-corrected chi connectivity index (χ1v) is 9.31. The van der Waals surface area contributed by atoms with E-state index in [0.29, 0.717) is 18.0 Å². The minimum atomic E-state index is -3.41. The minimum Gasteiger partial charge on any atom is -0.363 e. The number of sulfonamides is 1. The van der Waals surface area contributed by atoms with Gasteiger partial charge in [-0.2, -0.15) is 4.31 Å². The van der Waals surface area contributed by atoms with Gasteiger partial charge in [-0.25, -0.2) is 8.42 Å². The smallest absolute Gasteiger partial charge is 0.244 e. The molecular formula is C15H29N3O2S. The minimum absolute atomic E-state index is 0.0219. The molecule has 0 aliphatic rings. The van der Waals surface area contributed by atoms with Gasteiger partial charge in [-0.1, -0.05) is 27.2 Å². The molecule has 21 heavy (non-hydrogen) atoms. The summed E-state index contributed by atoms with van der Waals surface area (Å²) < 4.78 is 27.3. The maximum Gasteiger partial charge on any atom is 0.244 e. The zero-order valence-corrected chi connectivity index (χ0v) is 14.5. The Kier molecular flexibility index (Phi) is 7.42. The van der Waals surface area contributed by atoms with Gasteiger partial charge in [0.05, 0.1) is 4.90 Å². The van der Waals surface area contributed by atoms with E-state index in [0.717, 1.165) is 31.5 Å². The van der Waals surface area contributed by atoms with Crippen molar-refractivity contribution >= 4 is 10.0 Å². The molecule has 1 aromatic heterocycles. The highest BCUT2D eigenvalue weighted by Gasteiger charge is 2.28. The molecule has 0 spiro atoms. The molecule has 1 unspecified atom stereocenters. The van der Waals surface area contributed by atoms with E-state index in [1.54, 1.807) is 16.6 Å². The molecule has 0 saturated heterocycles. The van der Waals surface area contributed by atoms with Gasteiger partial charge in [0.2, 0.25) is 10.0 Å². The summed E-state index contributed by atoms with van der Waals surface area (Å²) in [7, 11) is -3.41. The van der Waals surface area contributed by atoms with Gasteiger partial charge in [-0.15, -0.1) is 0 Å². The lowest BCUT2D eigenvalue weighted by atomic mass is 10.2. The second-order valence-electron chi connectivity index (χ2n) is 5.37. The molecule has 1 aromatic rings. The summed E-state index contributed by atoms with van der Waals surface area (Å²) >= 11 is 0. The first kappa shape index (κ1) is 18.2. The van der Waals surface area contributed by atoms with Crippen LogP contribution in [0.25, 0.3) is 0 Å². The number of nitrogens with one attached hydrogen (secondary N) is 2. The second kappa shape index (κ2) is 8.56. The molecule has 1 heterocycles. The molecule has 0 fully saturated rings. The van der Waals surface area contributed by atoms with Crippen LogP contribution >= 0.6 is 0 Å². The third-order valence-electron chi connectivity index (χ3n) is 3.70. The molecule has 5 nitrogen and oxygen atoms in total. The molecule has 1 rings (SSSR count). The lowest BCUT2D eigenvalue weighted by Crippen LogP contribution is -2.38. The lowest BCUT2D eigenvalue weighted by Gasteiger charge is -2.27. The van der Waals surface area contributed by atoms with Gasteiger partial charge in [0, 0.05) is 31.0 Å². The van der Waals surface area contributed by atoms with Crippen LogP contribution in [0.3, 0.4) is 0 Å². The zero-order valence-electron chi connectivity index (χ0n) is 13.6. The monoisotopic (exact) mass is 315 g/mol. The van der Waals surface area contributed by atoms with Gasteiger partial charge in [-0.3, -0.25) is 0 Å². The lowest BCUT2D eigenvalue weighted by molar-refractivity contribution is 0.324. The van der Waals surface area contributed by atoms with Crippen LogP contribution in [-0.2, 0) is 16.6 Å². The quantitative estimate of drug-likeness (QED) is 0.698. The Labute approximate surface area is 129 Å². The molecule has 0 aliphatic carbocycles. The van der Waals surface area contributed by atoms with Crippen LogP contribution in [-0.4, -0.2) is 36.8 Å². The number of hydrogen-bond donors (Lipinski definition) is 2. The van der Waals surface area contributed by atoms with Crippen LogP contribution < -0.4 is 5.32 Å². The molecular weight excluding hydrogens is 286 g/mol. The molecule has 1 atom stereocenters. The Morgan fingerprint density at radius 2 is 2.05 bits per heavy atom. The molecule has 122 valence electrons. The van der Waals surface area contributed by atoms with Crippen LogP contribution in [0, 0.1) is 0 Å². The standard InChI is InChI=1S/C15H29N3O2S/c1-5-8-9-18(13(4)6-2)21(19,20)15-10-14(17-12-15)11-16-7-3/h10,12-13,16-17H,5-9,11H2,1-4H3. The van der Waals surface area contributed by atoms with Gasteiger partial charge in [0.15, 0.2) is 0 Å². The molecule has 0 amide bonds. The number of nitrogens with zero attached hydrogens (tertiary/aromatic N) is 1. The summed E-state index contributed by atoms with van der Waals surface area (Å²) in [5.41, 5.74) is 0.898. The zero-order chi connectivity index (χ0) is 15.9. The first-order valence-electron chi connectivity index (χ1n) is 7.87. The molecule has 0 saturated carbocycles. The van der Waals surface area contributed by atoms with Gasteiger partial charge in [-0.05, 0) is 32.4 Å². The Morgan fingerprint density at radius 3 is 2.62 bits per heavy atom. The van der Waals surface area contributed by atoms with Crippen molar-refractivity contribution in [2.75, 3.05) is 13.1 Å². The third-order valence-corrected chi connectivity index (χ3v) is 5.69. The summed E-state index contributed by atoms with van der Waals surface area (Å²) in [4.78, 5) is 3.41. The van der Waals surface area contributed by atoms with Crippen molar-refractivity contribution in [3.63, 3.8) is 0 Å². The van der Waals surface area contributed by atoms with Gasteiger partial charge in [0.1, 0.15) is 0 Å². The van der Waals surface area contributed by atoms with Crippen LogP contribution in [0.1, 0.15) is 52.7 Å². The molecule has 0 radical (unpaired) electrons. The van der Waals surface area contributed by atoms with Crippen molar-refractivity contribution < 1.29 is 8.42 Å². The number of unbranched alkanes of at least 4 members (excludes halogenated alkanes) is 1. The van der Waals surface area contributed by atoms with E-state index in [9.17, 15) is 8.42 Å². The summed E-state index contributed by atoms with van der Waals surface area (Å²) in [5.74, 6) is 0. The summed E-state index contributed by atoms with van der Waals surface area (Å²) in [5, 5.41) is 3.19. The SMILES string of the molecule is CCCCN(C(C)CC)S(=O)(=O)c1c[nH]c(CNCC)c1. The third kappa shape index (κ3) is 4.83. The molecule has 2 N–H and O–H groups in total. The highest BCUT2D eigenvalue weighted by Crippen LogP contribution is 2.21. The fourth-order valence-corrected chi connectivity index (χ4v) is 3.92. The predicted octanol–water partition coefficient (Wildman–Crippen LogP) is 2.71. The van der Waals surface area contributed by atoms with Crippen molar-refractivity contribution in [2.24, 2.45) is 0 Å². The van der Waals surface area contributed by atoms with Crippen molar-refractivity contribution in [3.8, 4) is 0 Å². The van der Waals surface area contributed by atoms with E-state index >= 15 is 0 Å². The summed E-state index contributed by atoms with van der Waals surface area (Å²) in [6.45, 7) is 10.2. The van der Waals surface area contributed by atoms with Crippen molar-refractivity contribution in [2.45, 2.75) is 64.4 Å². The highest BCUT2D eigenvalue weighted by molar-refractivity contribution is 7.89. The van der Waals surface area contributed by atoms with Crippen molar-refractivity contribution in [1.29, 1.82) is 0 Å². The van der Waals surface area contributed by atoms with Crippen LogP contribution in [0.5, 0.6) is 0 Å². The number of aromatic nitrogens is 1. The Hall–Kier alpha value is -0.850. The van der Waals surface area contributed by atoms with E-state index in [2.05, 4.69) is 17.2 Å². The van der Waals surface area contributed by atoms with Crippen LogP contribution in [0.2, 0.25) is 0 Å². The maximum absolute atomic E-state index is 12.8. The van der Waals surface area contributed by atoms with E-state index in [4.69, 9.17) is 0 Å². The Morgan fingerprint density at radius 1 is 1.33 bits per heavy atom. The Bertz CT molecular complexity index is 511. The van der Waals surface area contributed by atoms with Gasteiger partial charge < -0.3 is 10.3 Å². The fraction of sp³-hybridized carbons (Fsp3) is 0.733. The first-order chi connectivity index (χ1) is 9.97. The normalized spacial score (nSPS) is 13.8. The average Bonchev–Trinajstić information content (AvgIpc) is 2.94. The number of hydrogen-bond acceptors (Lipinski definition) is 3. The largest absolute Gasteiger partial charge is 0.363 e. The molecule has 0 aromatic carbocycles. The molecule has 0 bridgehead atoms. The van der Waals surface area contributed by atoms with E-state index in [1.165, 1.54) is 0 Å². The Balaban J connectivity index is 2.96. The van der Waals surface area contributed by atoms with Crippen molar-refractivity contribution in [3.05, 3.63) is 18.0 Å². The number of aromatic amines is 1. The summed E-state index contributed by atoms with van der Waals surface area (Å²) in [6, 6.07) is 1.76. The fourth-order valence-electron chi connectivity index (χ4n) is 2.16. The number of rotatable bonds is 10. The predicted molar refractivity (Wildman–Crippen MR) is 86.7 cm³/mol. The topological polar surface area (TPSA) is 65.2 Å². The van der Waals surface area contributed by atoms with E-state index in [-0.39, 0.29) is 6.04 Å². The molecule has 0 aliphatic heterocycles. The van der Waals surface area contributed by atoms with Gasteiger partial charge >= 0.3 is 0 Å². The average molecular weight is 315 g/mol. The van der Waals surface area contributed by atoms with Crippen LogP contribution in [0.15, 0.2) is 17.2 Å². The number of H-pyrrole nitrogens is 1. The summed E-state index contributed by atoms with van der Waals surface area (Å²) in [6.07, 6.45) is 4.29. The second-order valence-corrected chi connectivity index (χ2v) is 7.26. The maximum atomic E-state index is 12.8. The highest BCUT2D eigenvalue weighted by atomic mass is 32.2. The van der Waals surface area contributed by atoms with Crippen molar-refractivity contribution in [1.82, 2.24) is 14.6 Å². The van der Waals surface area contributed by atoms with Crippen LogP contribution in [0.4, 0.5) is 0 Å². The van der Waals surface area contributed by atoms with E-state index in [1.807, 2.05) is 20.8 Å². The molecule has 6 heteroatoms.